The average Bonchev–Trinajstić information content (AvgIpc) is 2.86. The van der Waals surface area contributed by atoms with E-state index in [0.29, 0.717) is 19.1 Å². The molecule has 0 spiro atoms. The molecule has 1 fully saturated rings. The van der Waals surface area contributed by atoms with E-state index >= 15 is 0 Å². The molecule has 1 N–H and O–H groups in total. The molecule has 0 atom stereocenters. The van der Waals surface area contributed by atoms with E-state index in [-0.39, 0.29) is 6.61 Å². The fraction of sp³-hybridized carbons (Fsp3) is 1.00. The molecular formula is C7H14N4O. The first kappa shape index (κ1) is 9.32. The van der Waals surface area contributed by atoms with Gasteiger partial charge in [-0.2, -0.15) is 0 Å². The standard InChI is InChI=1S/C7H14N4O/c8-10-9-3-4-11(5-6-12)7-1-2-7/h7,12H,1-6H2. The van der Waals surface area contributed by atoms with Gasteiger partial charge in [0.15, 0.2) is 0 Å². The molecule has 0 aromatic rings. The number of aliphatic hydroxyl groups excluding tert-OH is 1. The van der Waals surface area contributed by atoms with Crippen molar-refractivity contribution in [3.63, 3.8) is 0 Å². The maximum absolute atomic E-state index is 8.72. The van der Waals surface area contributed by atoms with Gasteiger partial charge in [-0.15, -0.1) is 0 Å². The van der Waals surface area contributed by atoms with Crippen LogP contribution in [0.2, 0.25) is 0 Å². The van der Waals surface area contributed by atoms with Crippen molar-refractivity contribution in [1.29, 1.82) is 0 Å². The van der Waals surface area contributed by atoms with Crippen LogP contribution in [0.1, 0.15) is 12.8 Å². The van der Waals surface area contributed by atoms with Crippen molar-refractivity contribution in [3.8, 4) is 0 Å². The van der Waals surface area contributed by atoms with E-state index in [2.05, 4.69) is 14.9 Å². The summed E-state index contributed by atoms with van der Waals surface area (Å²) in [6, 6.07) is 0.631. The van der Waals surface area contributed by atoms with Crippen LogP contribution in [0.5, 0.6) is 0 Å². The highest BCUT2D eigenvalue weighted by Crippen LogP contribution is 2.25. The quantitative estimate of drug-likeness (QED) is 0.363. The topological polar surface area (TPSA) is 72.2 Å². The Kier molecular flexibility index (Phi) is 3.87. The lowest BCUT2D eigenvalue weighted by atomic mass is 10.4. The summed E-state index contributed by atoms with van der Waals surface area (Å²) in [5.41, 5.74) is 8.05. The minimum Gasteiger partial charge on any atom is -0.395 e. The van der Waals surface area contributed by atoms with Gasteiger partial charge in [-0.25, -0.2) is 0 Å². The van der Waals surface area contributed by atoms with Crippen LogP contribution in [0.25, 0.3) is 10.4 Å². The van der Waals surface area contributed by atoms with Gasteiger partial charge in [-0.3, -0.25) is 4.90 Å². The Bertz CT molecular complexity index is 174. The summed E-state index contributed by atoms with van der Waals surface area (Å²) in [6.07, 6.45) is 2.44. The van der Waals surface area contributed by atoms with Crippen molar-refractivity contribution in [3.05, 3.63) is 10.4 Å². The Labute approximate surface area is 71.6 Å². The third kappa shape index (κ3) is 3.09. The molecule has 68 valence electrons. The van der Waals surface area contributed by atoms with E-state index in [4.69, 9.17) is 10.6 Å². The number of nitrogens with zero attached hydrogens (tertiary/aromatic N) is 4. The molecule has 5 nitrogen and oxygen atoms in total. The van der Waals surface area contributed by atoms with Crippen LogP contribution in [-0.4, -0.2) is 42.3 Å². The third-order valence-electron chi connectivity index (χ3n) is 2.00. The normalized spacial score (nSPS) is 16.2. The zero-order valence-electron chi connectivity index (χ0n) is 7.06. The Hall–Kier alpha value is -0.770. The van der Waals surface area contributed by atoms with E-state index in [1.807, 2.05) is 0 Å². The van der Waals surface area contributed by atoms with Crippen molar-refractivity contribution in [2.24, 2.45) is 5.11 Å². The molecule has 1 aliphatic carbocycles. The second kappa shape index (κ2) is 4.98. The third-order valence-corrected chi connectivity index (χ3v) is 2.00. The molecule has 1 rings (SSSR count). The Balaban J connectivity index is 2.17. The second-order valence-corrected chi connectivity index (χ2v) is 2.95. The van der Waals surface area contributed by atoms with Gasteiger partial charge in [0.25, 0.3) is 0 Å². The molecule has 0 aromatic carbocycles. The summed E-state index contributed by atoms with van der Waals surface area (Å²) in [6.45, 7) is 2.17. The molecule has 0 aliphatic heterocycles. The van der Waals surface area contributed by atoms with Gasteiger partial charge in [0.1, 0.15) is 0 Å². The Morgan fingerprint density at radius 3 is 2.75 bits per heavy atom. The molecule has 1 saturated carbocycles. The van der Waals surface area contributed by atoms with Crippen molar-refractivity contribution in [1.82, 2.24) is 4.90 Å². The van der Waals surface area contributed by atoms with E-state index in [9.17, 15) is 0 Å². The number of azide groups is 1. The summed E-state index contributed by atoms with van der Waals surface area (Å²) < 4.78 is 0. The van der Waals surface area contributed by atoms with Crippen LogP contribution in [0.3, 0.4) is 0 Å². The smallest absolute Gasteiger partial charge is 0.0558 e. The van der Waals surface area contributed by atoms with Crippen LogP contribution in [0.15, 0.2) is 5.11 Å². The number of hydrogen-bond donors (Lipinski definition) is 1. The van der Waals surface area contributed by atoms with Crippen LogP contribution in [-0.2, 0) is 0 Å². The highest BCUT2D eigenvalue weighted by atomic mass is 16.3. The molecule has 0 unspecified atom stereocenters. The highest BCUT2D eigenvalue weighted by Gasteiger charge is 2.27. The summed E-state index contributed by atoms with van der Waals surface area (Å²) in [7, 11) is 0. The average molecular weight is 170 g/mol. The van der Waals surface area contributed by atoms with E-state index in [1.165, 1.54) is 12.8 Å². The van der Waals surface area contributed by atoms with E-state index in [1.54, 1.807) is 0 Å². The maximum Gasteiger partial charge on any atom is 0.0558 e. The lowest BCUT2D eigenvalue weighted by Gasteiger charge is -2.18. The van der Waals surface area contributed by atoms with Gasteiger partial charge < -0.3 is 5.11 Å². The Morgan fingerprint density at radius 1 is 1.50 bits per heavy atom. The zero-order chi connectivity index (χ0) is 8.81. The first-order chi connectivity index (χ1) is 5.88. The number of hydrogen-bond acceptors (Lipinski definition) is 3. The molecule has 0 heterocycles. The van der Waals surface area contributed by atoms with E-state index in [0.717, 1.165) is 6.54 Å². The van der Waals surface area contributed by atoms with Crippen LogP contribution >= 0.6 is 0 Å². The zero-order valence-corrected chi connectivity index (χ0v) is 7.06. The minimum absolute atomic E-state index is 0.187. The molecule has 0 aromatic heterocycles. The SMILES string of the molecule is [N-]=[N+]=NCCN(CCO)C1CC1. The van der Waals surface area contributed by atoms with Crippen molar-refractivity contribution >= 4 is 0 Å². The van der Waals surface area contributed by atoms with Gasteiger partial charge >= 0.3 is 0 Å². The lowest BCUT2D eigenvalue weighted by Crippen LogP contribution is -2.31. The van der Waals surface area contributed by atoms with Crippen LogP contribution in [0.4, 0.5) is 0 Å². The monoisotopic (exact) mass is 170 g/mol. The molecular weight excluding hydrogens is 156 g/mol. The number of rotatable bonds is 6. The molecule has 0 saturated heterocycles. The molecule has 0 amide bonds. The van der Waals surface area contributed by atoms with Gasteiger partial charge in [0.05, 0.1) is 6.61 Å². The fourth-order valence-electron chi connectivity index (χ4n) is 1.26. The van der Waals surface area contributed by atoms with Crippen molar-refractivity contribution < 1.29 is 5.11 Å². The van der Waals surface area contributed by atoms with Gasteiger partial charge in [0, 0.05) is 30.6 Å². The summed E-state index contributed by atoms with van der Waals surface area (Å²) in [4.78, 5) is 4.86. The predicted molar refractivity (Wildman–Crippen MR) is 45.7 cm³/mol. The van der Waals surface area contributed by atoms with Crippen LogP contribution < -0.4 is 0 Å². The lowest BCUT2D eigenvalue weighted by molar-refractivity contribution is 0.193. The summed E-state index contributed by atoms with van der Waals surface area (Å²) in [5, 5.41) is 12.2. The predicted octanol–water partition coefficient (Wildman–Crippen LogP) is 0.753. The molecule has 0 bridgehead atoms. The van der Waals surface area contributed by atoms with Crippen molar-refractivity contribution in [2.45, 2.75) is 18.9 Å². The summed E-state index contributed by atoms with van der Waals surface area (Å²) >= 11 is 0. The molecule has 12 heavy (non-hydrogen) atoms. The van der Waals surface area contributed by atoms with E-state index < -0.39 is 0 Å². The minimum atomic E-state index is 0.187. The first-order valence-electron chi connectivity index (χ1n) is 4.24. The van der Waals surface area contributed by atoms with Gasteiger partial charge in [-0.1, -0.05) is 5.11 Å². The first-order valence-corrected chi connectivity index (χ1v) is 4.24. The Morgan fingerprint density at radius 2 is 2.25 bits per heavy atom. The van der Waals surface area contributed by atoms with Crippen LogP contribution in [0, 0.1) is 0 Å². The summed E-state index contributed by atoms with van der Waals surface area (Å²) in [5.74, 6) is 0. The van der Waals surface area contributed by atoms with Gasteiger partial charge in [-0.05, 0) is 18.4 Å². The van der Waals surface area contributed by atoms with Gasteiger partial charge in [0.2, 0.25) is 0 Å². The molecule has 1 aliphatic rings. The maximum atomic E-state index is 8.72. The molecule has 5 heteroatoms. The highest BCUT2D eigenvalue weighted by molar-refractivity contribution is 4.84. The molecule has 0 radical (unpaired) electrons. The van der Waals surface area contributed by atoms with Crippen molar-refractivity contribution in [2.75, 3.05) is 26.2 Å². The fourth-order valence-corrected chi connectivity index (χ4v) is 1.26. The second-order valence-electron chi connectivity index (χ2n) is 2.95. The largest absolute Gasteiger partial charge is 0.395 e. The number of aliphatic hydroxyl groups is 1.